The second-order valence-corrected chi connectivity index (χ2v) is 5.85. The number of Topliss-reactive ketones (excluding diaryl/α,β-unsaturated/α-hetero) is 1. The van der Waals surface area contributed by atoms with Crippen LogP contribution < -0.4 is 9.64 Å². The minimum atomic E-state index is -0.450. The van der Waals surface area contributed by atoms with E-state index in [9.17, 15) is 14.9 Å². The van der Waals surface area contributed by atoms with Gasteiger partial charge in [0.25, 0.3) is 5.69 Å². The molecule has 0 aliphatic carbocycles. The zero-order chi connectivity index (χ0) is 19.2. The number of hydrogen-bond acceptors (Lipinski definition) is 5. The first-order valence-electron chi connectivity index (χ1n) is 8.33. The van der Waals surface area contributed by atoms with Gasteiger partial charge in [0, 0.05) is 29.1 Å². The van der Waals surface area contributed by atoms with E-state index in [0.29, 0.717) is 17.0 Å². The van der Waals surface area contributed by atoms with Crippen molar-refractivity contribution < 1.29 is 14.5 Å². The molecule has 0 saturated carbocycles. The first-order chi connectivity index (χ1) is 13.1. The minimum absolute atomic E-state index is 0.0295. The van der Waals surface area contributed by atoms with Gasteiger partial charge in [-0.1, -0.05) is 36.4 Å². The molecular formula is C21H18N2O4. The van der Waals surface area contributed by atoms with Crippen LogP contribution in [0.2, 0.25) is 0 Å². The number of anilines is 2. The van der Waals surface area contributed by atoms with E-state index in [1.54, 1.807) is 60.5 Å². The van der Waals surface area contributed by atoms with E-state index < -0.39 is 4.92 Å². The molecule has 6 nitrogen and oxygen atoms in total. The number of non-ortho nitro benzene ring substituents is 1. The molecule has 0 amide bonds. The Morgan fingerprint density at radius 1 is 0.963 bits per heavy atom. The van der Waals surface area contributed by atoms with Crippen molar-refractivity contribution in [2.24, 2.45) is 0 Å². The van der Waals surface area contributed by atoms with Crippen LogP contribution in [0.15, 0.2) is 78.9 Å². The number of nitro benzene ring substituents is 1. The molecule has 0 aliphatic rings. The molecular weight excluding hydrogens is 344 g/mol. The molecule has 0 bridgehead atoms. The summed E-state index contributed by atoms with van der Waals surface area (Å²) in [6, 6.07) is 22.4. The van der Waals surface area contributed by atoms with Gasteiger partial charge in [0.15, 0.2) is 5.78 Å². The lowest BCUT2D eigenvalue weighted by Crippen LogP contribution is -2.25. The number of hydrogen-bond donors (Lipinski definition) is 0. The largest absolute Gasteiger partial charge is 0.497 e. The van der Waals surface area contributed by atoms with Crippen LogP contribution in [0.25, 0.3) is 0 Å². The van der Waals surface area contributed by atoms with Crippen molar-refractivity contribution in [2.75, 3.05) is 18.6 Å². The van der Waals surface area contributed by atoms with Crippen LogP contribution in [0, 0.1) is 10.1 Å². The van der Waals surface area contributed by atoms with Gasteiger partial charge in [-0.2, -0.15) is 0 Å². The summed E-state index contributed by atoms with van der Waals surface area (Å²) in [6.45, 7) is 0.0531. The molecule has 0 aromatic heterocycles. The maximum atomic E-state index is 12.7. The summed E-state index contributed by atoms with van der Waals surface area (Å²) < 4.78 is 5.18. The van der Waals surface area contributed by atoms with Gasteiger partial charge in [0.2, 0.25) is 0 Å². The van der Waals surface area contributed by atoms with Crippen molar-refractivity contribution >= 4 is 22.8 Å². The number of carbonyl (C=O) groups excluding carboxylic acids is 1. The molecule has 27 heavy (non-hydrogen) atoms. The van der Waals surface area contributed by atoms with Crippen molar-refractivity contribution in [1.29, 1.82) is 0 Å². The Labute approximate surface area is 156 Å². The molecule has 0 saturated heterocycles. The third kappa shape index (κ3) is 4.30. The third-order valence-electron chi connectivity index (χ3n) is 4.13. The Balaban J connectivity index is 1.99. The van der Waals surface area contributed by atoms with Gasteiger partial charge in [0.1, 0.15) is 5.75 Å². The second kappa shape index (κ2) is 8.14. The van der Waals surface area contributed by atoms with Crippen molar-refractivity contribution in [3.63, 3.8) is 0 Å². The van der Waals surface area contributed by atoms with Crippen molar-refractivity contribution in [3.05, 3.63) is 94.5 Å². The zero-order valence-corrected chi connectivity index (χ0v) is 14.7. The summed E-state index contributed by atoms with van der Waals surface area (Å²) in [5.74, 6) is 0.602. The Bertz CT molecular complexity index is 940. The van der Waals surface area contributed by atoms with Gasteiger partial charge in [-0.25, -0.2) is 0 Å². The third-order valence-corrected chi connectivity index (χ3v) is 4.13. The van der Waals surface area contributed by atoms with Crippen LogP contribution in [0.5, 0.6) is 5.75 Å². The van der Waals surface area contributed by atoms with Crippen LogP contribution in [0.4, 0.5) is 17.1 Å². The molecule has 0 fully saturated rings. The first kappa shape index (κ1) is 18.1. The molecule has 0 N–H and O–H groups in total. The molecule has 0 aliphatic heterocycles. The van der Waals surface area contributed by atoms with E-state index in [1.165, 1.54) is 12.1 Å². The molecule has 3 aromatic rings. The average molecular weight is 362 g/mol. The molecule has 0 spiro atoms. The number of ether oxygens (including phenoxy) is 1. The molecule has 0 heterocycles. The number of benzene rings is 3. The lowest BCUT2D eigenvalue weighted by molar-refractivity contribution is -0.384. The number of methoxy groups -OCH3 is 1. The van der Waals surface area contributed by atoms with E-state index in [-0.39, 0.29) is 18.0 Å². The smallest absolute Gasteiger partial charge is 0.271 e. The van der Waals surface area contributed by atoms with Gasteiger partial charge in [0.05, 0.1) is 18.6 Å². The van der Waals surface area contributed by atoms with Gasteiger partial charge in [-0.05, 0) is 30.3 Å². The summed E-state index contributed by atoms with van der Waals surface area (Å²) >= 11 is 0. The van der Waals surface area contributed by atoms with Crippen LogP contribution in [-0.2, 0) is 0 Å². The normalized spacial score (nSPS) is 10.3. The fourth-order valence-electron chi connectivity index (χ4n) is 2.73. The summed E-state index contributed by atoms with van der Waals surface area (Å²) in [5, 5.41) is 11.1. The maximum Gasteiger partial charge on any atom is 0.271 e. The number of rotatable bonds is 7. The van der Waals surface area contributed by atoms with E-state index >= 15 is 0 Å². The molecule has 136 valence electrons. The Morgan fingerprint density at radius 3 is 2.30 bits per heavy atom. The molecule has 3 rings (SSSR count). The van der Waals surface area contributed by atoms with Crippen LogP contribution in [0.1, 0.15) is 10.4 Å². The van der Waals surface area contributed by atoms with E-state index in [4.69, 9.17) is 4.74 Å². The number of nitro groups is 1. The highest BCUT2D eigenvalue weighted by Gasteiger charge is 2.17. The Kier molecular flexibility index (Phi) is 5.47. The SMILES string of the molecule is COc1ccc(N(CC(=O)c2ccccc2)c2cccc([N+](=O)[O-])c2)cc1. The summed E-state index contributed by atoms with van der Waals surface area (Å²) in [4.78, 5) is 25.2. The maximum absolute atomic E-state index is 12.7. The zero-order valence-electron chi connectivity index (χ0n) is 14.7. The predicted octanol–water partition coefficient (Wildman–Crippen LogP) is 4.62. The summed E-state index contributed by atoms with van der Waals surface area (Å²) in [6.07, 6.45) is 0. The quantitative estimate of drug-likeness (QED) is 0.348. The van der Waals surface area contributed by atoms with Crippen molar-refractivity contribution in [3.8, 4) is 5.75 Å². The number of nitrogens with zero attached hydrogens (tertiary/aromatic N) is 2. The minimum Gasteiger partial charge on any atom is -0.497 e. The van der Waals surface area contributed by atoms with E-state index in [1.807, 2.05) is 18.2 Å². The van der Waals surface area contributed by atoms with Gasteiger partial charge >= 0.3 is 0 Å². The highest BCUT2D eigenvalue weighted by molar-refractivity contribution is 6.00. The fraction of sp³-hybridized carbons (Fsp3) is 0.0952. The topological polar surface area (TPSA) is 72.7 Å². The number of ketones is 1. The van der Waals surface area contributed by atoms with Crippen LogP contribution >= 0.6 is 0 Å². The summed E-state index contributed by atoms with van der Waals surface area (Å²) in [5.41, 5.74) is 1.86. The molecule has 0 atom stereocenters. The lowest BCUT2D eigenvalue weighted by Gasteiger charge is -2.24. The first-order valence-corrected chi connectivity index (χ1v) is 8.33. The Morgan fingerprint density at radius 2 is 1.67 bits per heavy atom. The van der Waals surface area contributed by atoms with Gasteiger partial charge in [-0.15, -0.1) is 0 Å². The van der Waals surface area contributed by atoms with Gasteiger partial charge < -0.3 is 9.64 Å². The molecule has 0 radical (unpaired) electrons. The molecule has 3 aromatic carbocycles. The Hall–Kier alpha value is -3.67. The fourth-order valence-corrected chi connectivity index (χ4v) is 2.73. The second-order valence-electron chi connectivity index (χ2n) is 5.85. The van der Waals surface area contributed by atoms with E-state index in [2.05, 4.69) is 0 Å². The summed E-state index contributed by atoms with van der Waals surface area (Å²) in [7, 11) is 1.58. The lowest BCUT2D eigenvalue weighted by atomic mass is 10.1. The predicted molar refractivity (Wildman–Crippen MR) is 104 cm³/mol. The highest BCUT2D eigenvalue weighted by atomic mass is 16.6. The average Bonchev–Trinajstić information content (AvgIpc) is 2.72. The van der Waals surface area contributed by atoms with E-state index in [0.717, 1.165) is 5.69 Å². The molecule has 6 heteroatoms. The van der Waals surface area contributed by atoms with Gasteiger partial charge in [-0.3, -0.25) is 14.9 Å². The monoisotopic (exact) mass is 362 g/mol. The van der Waals surface area contributed by atoms with Crippen LogP contribution in [-0.4, -0.2) is 24.4 Å². The standard InChI is InChI=1S/C21H18N2O4/c1-27-20-12-10-17(11-13-20)22(15-21(24)16-6-3-2-4-7-16)18-8-5-9-19(14-18)23(25)26/h2-14H,15H2,1H3. The van der Waals surface area contributed by atoms with Crippen molar-refractivity contribution in [2.45, 2.75) is 0 Å². The van der Waals surface area contributed by atoms with Crippen molar-refractivity contribution in [1.82, 2.24) is 0 Å². The number of carbonyl (C=O) groups is 1. The highest BCUT2D eigenvalue weighted by Crippen LogP contribution is 2.30. The van der Waals surface area contributed by atoms with Crippen LogP contribution in [0.3, 0.4) is 0 Å². The molecule has 0 unspecified atom stereocenters.